The van der Waals surface area contributed by atoms with E-state index in [1.54, 1.807) is 42.5 Å². The molecule has 4 rings (SSSR count). The summed E-state index contributed by atoms with van der Waals surface area (Å²) in [5.41, 5.74) is 4.35. The summed E-state index contributed by atoms with van der Waals surface area (Å²) in [5, 5.41) is 5.53. The number of halogens is 2. The van der Waals surface area contributed by atoms with Crippen LogP contribution in [0.25, 0.3) is 16.6 Å². The molecule has 0 spiro atoms. The lowest BCUT2D eigenvalue weighted by Crippen LogP contribution is -2.24. The van der Waals surface area contributed by atoms with E-state index in [1.807, 2.05) is 30.3 Å². The second-order valence-electron chi connectivity index (χ2n) is 6.66. The lowest BCUT2D eigenvalue weighted by Gasteiger charge is -2.13. The van der Waals surface area contributed by atoms with Crippen LogP contribution in [0.5, 0.6) is 0 Å². The van der Waals surface area contributed by atoms with E-state index in [-0.39, 0.29) is 17.2 Å². The Bertz CT molecular complexity index is 1360. The largest absolute Gasteiger partial charge is 0.272 e. The number of hydrazone groups is 1. The third-order valence-corrected chi connectivity index (χ3v) is 6.15. The van der Waals surface area contributed by atoms with Crippen molar-refractivity contribution in [2.45, 2.75) is 5.16 Å². The van der Waals surface area contributed by atoms with Gasteiger partial charge < -0.3 is 0 Å². The third kappa shape index (κ3) is 5.27. The standard InChI is InChI=1S/C23H16BrClN4O2S/c24-16-7-11-18(12-8-16)29-22(31)19-3-1-2-4-20(19)27-23(29)32-14-21(30)28-26-13-15-5-9-17(25)10-6-15/h1-13H,14H2,(H,28,30)/b26-13-. The monoisotopic (exact) mass is 526 g/mol. The number of carbonyl (C=O) groups excluding carboxylic acids is 1. The number of rotatable bonds is 6. The van der Waals surface area contributed by atoms with E-state index in [2.05, 4.69) is 31.4 Å². The number of carbonyl (C=O) groups is 1. The summed E-state index contributed by atoms with van der Waals surface area (Å²) < 4.78 is 2.42. The van der Waals surface area contributed by atoms with Crippen molar-refractivity contribution in [2.24, 2.45) is 5.10 Å². The van der Waals surface area contributed by atoms with Gasteiger partial charge in [0, 0.05) is 9.50 Å². The lowest BCUT2D eigenvalue weighted by atomic mass is 10.2. The highest BCUT2D eigenvalue weighted by Crippen LogP contribution is 2.22. The predicted molar refractivity (Wildman–Crippen MR) is 133 cm³/mol. The molecule has 0 aliphatic heterocycles. The zero-order valence-electron chi connectivity index (χ0n) is 16.5. The molecule has 0 radical (unpaired) electrons. The third-order valence-electron chi connectivity index (χ3n) is 4.43. The zero-order chi connectivity index (χ0) is 22.5. The maximum Gasteiger partial charge on any atom is 0.266 e. The van der Waals surface area contributed by atoms with Crippen LogP contribution in [0.4, 0.5) is 0 Å². The van der Waals surface area contributed by atoms with E-state index < -0.39 is 0 Å². The number of thioether (sulfide) groups is 1. The summed E-state index contributed by atoms with van der Waals surface area (Å²) in [6.07, 6.45) is 1.53. The Morgan fingerprint density at radius 3 is 2.56 bits per heavy atom. The lowest BCUT2D eigenvalue weighted by molar-refractivity contribution is -0.118. The number of para-hydroxylation sites is 1. The second kappa shape index (κ2) is 10.1. The SMILES string of the molecule is O=C(CSc1nc2ccccc2c(=O)n1-c1ccc(Br)cc1)N/N=C\c1ccc(Cl)cc1. The van der Waals surface area contributed by atoms with Crippen LogP contribution in [-0.2, 0) is 4.79 Å². The predicted octanol–water partition coefficient (Wildman–Crippen LogP) is 5.04. The minimum Gasteiger partial charge on any atom is -0.272 e. The molecule has 32 heavy (non-hydrogen) atoms. The minimum absolute atomic E-state index is 0.0409. The van der Waals surface area contributed by atoms with E-state index in [0.29, 0.717) is 26.8 Å². The van der Waals surface area contributed by atoms with E-state index in [9.17, 15) is 9.59 Å². The molecule has 1 N–H and O–H groups in total. The van der Waals surface area contributed by atoms with Gasteiger partial charge in [-0.05, 0) is 54.1 Å². The van der Waals surface area contributed by atoms with Crippen LogP contribution in [0.1, 0.15) is 5.56 Å². The van der Waals surface area contributed by atoms with Crippen LogP contribution in [0.15, 0.2) is 92.3 Å². The van der Waals surface area contributed by atoms with E-state index in [0.717, 1.165) is 10.0 Å². The fourth-order valence-electron chi connectivity index (χ4n) is 2.92. The quantitative estimate of drug-likeness (QED) is 0.165. The molecule has 0 aliphatic rings. The van der Waals surface area contributed by atoms with Gasteiger partial charge in [0.1, 0.15) is 0 Å². The van der Waals surface area contributed by atoms with Crippen molar-refractivity contribution in [1.29, 1.82) is 0 Å². The zero-order valence-corrected chi connectivity index (χ0v) is 19.7. The van der Waals surface area contributed by atoms with Gasteiger partial charge in [0.2, 0.25) is 0 Å². The second-order valence-corrected chi connectivity index (χ2v) is 8.96. The fourth-order valence-corrected chi connectivity index (χ4v) is 4.11. The maximum absolute atomic E-state index is 13.2. The highest BCUT2D eigenvalue weighted by atomic mass is 79.9. The molecular weight excluding hydrogens is 512 g/mol. The molecule has 1 heterocycles. The summed E-state index contributed by atoms with van der Waals surface area (Å²) >= 11 is 10.4. The molecular formula is C23H16BrClN4O2S. The van der Waals surface area contributed by atoms with Crippen LogP contribution < -0.4 is 11.0 Å². The summed E-state index contributed by atoms with van der Waals surface area (Å²) in [5.74, 6) is -0.274. The van der Waals surface area contributed by atoms with Crippen molar-refractivity contribution in [2.75, 3.05) is 5.75 Å². The van der Waals surface area contributed by atoms with Gasteiger partial charge in [-0.2, -0.15) is 5.10 Å². The van der Waals surface area contributed by atoms with E-state index in [1.165, 1.54) is 22.5 Å². The fraction of sp³-hybridized carbons (Fsp3) is 0.0435. The molecule has 0 unspecified atom stereocenters. The molecule has 0 fully saturated rings. The average Bonchev–Trinajstić information content (AvgIpc) is 2.80. The van der Waals surface area contributed by atoms with Crippen molar-refractivity contribution in [1.82, 2.24) is 15.0 Å². The minimum atomic E-state index is -0.315. The van der Waals surface area contributed by atoms with Crippen LogP contribution in [0.3, 0.4) is 0 Å². The first kappa shape index (κ1) is 22.3. The molecule has 1 aromatic heterocycles. The Labute approximate surface area is 201 Å². The highest BCUT2D eigenvalue weighted by molar-refractivity contribution is 9.10. The Morgan fingerprint density at radius 2 is 1.81 bits per heavy atom. The van der Waals surface area contributed by atoms with Gasteiger partial charge in [0.15, 0.2) is 5.16 Å². The van der Waals surface area contributed by atoms with Crippen molar-refractivity contribution in [3.05, 3.63) is 98.2 Å². The number of amides is 1. The summed E-state index contributed by atoms with van der Waals surface area (Å²) in [6, 6.07) is 21.6. The maximum atomic E-state index is 13.2. The number of nitrogens with one attached hydrogen (secondary N) is 1. The Balaban J connectivity index is 1.56. The van der Waals surface area contributed by atoms with Gasteiger partial charge in [-0.3, -0.25) is 14.2 Å². The van der Waals surface area contributed by atoms with Crippen LogP contribution >= 0.6 is 39.3 Å². The van der Waals surface area contributed by atoms with Gasteiger partial charge >= 0.3 is 0 Å². The van der Waals surface area contributed by atoms with Crippen LogP contribution in [0, 0.1) is 0 Å². The Morgan fingerprint density at radius 1 is 1.09 bits per heavy atom. The first-order chi connectivity index (χ1) is 15.5. The molecule has 160 valence electrons. The molecule has 0 saturated carbocycles. The first-order valence-corrected chi connectivity index (χ1v) is 11.6. The molecule has 0 saturated heterocycles. The summed E-state index contributed by atoms with van der Waals surface area (Å²) in [6.45, 7) is 0. The molecule has 0 aliphatic carbocycles. The van der Waals surface area contributed by atoms with Crippen LogP contribution in [0.2, 0.25) is 5.02 Å². The Kier molecular flexibility index (Phi) is 7.04. The smallest absolute Gasteiger partial charge is 0.266 e. The highest BCUT2D eigenvalue weighted by Gasteiger charge is 2.14. The summed E-state index contributed by atoms with van der Waals surface area (Å²) in [4.78, 5) is 30.1. The number of aromatic nitrogens is 2. The van der Waals surface area contributed by atoms with E-state index >= 15 is 0 Å². The number of nitrogens with zero attached hydrogens (tertiary/aromatic N) is 3. The van der Waals surface area contributed by atoms with Crippen molar-refractivity contribution < 1.29 is 4.79 Å². The van der Waals surface area contributed by atoms with Crippen molar-refractivity contribution in [3.8, 4) is 5.69 Å². The first-order valence-electron chi connectivity index (χ1n) is 9.49. The number of hydrogen-bond acceptors (Lipinski definition) is 5. The van der Waals surface area contributed by atoms with Gasteiger partial charge in [-0.15, -0.1) is 0 Å². The van der Waals surface area contributed by atoms with E-state index in [4.69, 9.17) is 11.6 Å². The van der Waals surface area contributed by atoms with Crippen molar-refractivity contribution >= 4 is 62.3 Å². The summed E-state index contributed by atoms with van der Waals surface area (Å²) in [7, 11) is 0. The normalized spacial score (nSPS) is 11.2. The molecule has 4 aromatic rings. The van der Waals surface area contributed by atoms with Gasteiger partial charge in [-0.1, -0.05) is 63.6 Å². The molecule has 9 heteroatoms. The average molecular weight is 528 g/mol. The van der Waals surface area contributed by atoms with Crippen LogP contribution in [-0.4, -0.2) is 27.4 Å². The van der Waals surface area contributed by atoms with Crippen molar-refractivity contribution in [3.63, 3.8) is 0 Å². The number of benzene rings is 3. The molecule has 6 nitrogen and oxygen atoms in total. The topological polar surface area (TPSA) is 76.3 Å². The molecule has 1 amide bonds. The van der Waals surface area contributed by atoms with Gasteiger partial charge in [-0.25, -0.2) is 10.4 Å². The number of fused-ring (bicyclic) bond motifs is 1. The molecule has 3 aromatic carbocycles. The number of hydrogen-bond donors (Lipinski definition) is 1. The Hall–Kier alpha value is -2.94. The van der Waals surface area contributed by atoms with Gasteiger partial charge in [0.05, 0.1) is 28.6 Å². The van der Waals surface area contributed by atoms with Gasteiger partial charge in [0.25, 0.3) is 11.5 Å². The molecule has 0 bridgehead atoms. The molecule has 0 atom stereocenters.